The Hall–Kier alpha value is -2.19. The Balaban J connectivity index is 2.18. The third kappa shape index (κ3) is 4.40. The molecule has 5 N–H and O–H groups in total. The molecule has 8 heteroatoms. The van der Waals surface area contributed by atoms with Gasteiger partial charge in [-0.1, -0.05) is 30.3 Å². The molecule has 1 unspecified atom stereocenters. The summed E-state index contributed by atoms with van der Waals surface area (Å²) in [6, 6.07) is 8.41. The molecule has 2 amide bonds. The molecule has 0 saturated carbocycles. The first-order valence-corrected chi connectivity index (χ1v) is 7.74. The average molecular weight is 382 g/mol. The number of hydrogen-bond acceptors (Lipinski definition) is 3. The first-order chi connectivity index (χ1) is 10.9. The van der Waals surface area contributed by atoms with E-state index in [0.717, 1.165) is 5.56 Å². The van der Waals surface area contributed by atoms with E-state index in [1.807, 2.05) is 30.3 Å². The largest absolute Gasteiger partial charge is 0.381 e. The highest BCUT2D eigenvalue weighted by Gasteiger charge is 2.28. The van der Waals surface area contributed by atoms with Crippen LogP contribution >= 0.6 is 15.9 Å². The highest BCUT2D eigenvalue weighted by Crippen LogP contribution is 2.13. The number of primary amides is 1. The van der Waals surface area contributed by atoms with Gasteiger partial charge in [0.05, 0.1) is 6.04 Å². The van der Waals surface area contributed by atoms with Crippen molar-refractivity contribution in [3.63, 3.8) is 0 Å². The number of hydrogen-bond donors (Lipinski definition) is 4. The maximum Gasteiger partial charge on any atom is 0.260 e. The van der Waals surface area contributed by atoms with Crippen LogP contribution in [0.2, 0.25) is 0 Å². The minimum absolute atomic E-state index is 0.283. The van der Waals surface area contributed by atoms with Crippen LogP contribution in [-0.2, 0) is 18.3 Å². The number of aliphatic hydroxyl groups is 1. The van der Waals surface area contributed by atoms with Gasteiger partial charge in [0.2, 0.25) is 12.1 Å². The summed E-state index contributed by atoms with van der Waals surface area (Å²) in [6.07, 6.45) is 0.395. The molecule has 0 radical (unpaired) electrons. The summed E-state index contributed by atoms with van der Waals surface area (Å²) in [4.78, 5) is 23.7. The number of nitrogens with one attached hydrogen (secondary N) is 2. The van der Waals surface area contributed by atoms with Crippen LogP contribution in [0.25, 0.3) is 0 Å². The van der Waals surface area contributed by atoms with Gasteiger partial charge in [-0.25, -0.2) is 0 Å². The molecule has 0 spiro atoms. The van der Waals surface area contributed by atoms with Crippen LogP contribution in [0.1, 0.15) is 15.9 Å². The number of amides is 2. The Bertz CT molecular complexity index is 702. The smallest absolute Gasteiger partial charge is 0.260 e. The maximum absolute atomic E-state index is 12.4. The third-order valence-electron chi connectivity index (χ3n) is 3.37. The predicted molar refractivity (Wildman–Crippen MR) is 86.3 cm³/mol. The predicted octanol–water partition coefficient (Wildman–Crippen LogP) is -0.211. The van der Waals surface area contributed by atoms with Gasteiger partial charge < -0.3 is 16.2 Å². The lowest BCUT2D eigenvalue weighted by Gasteiger charge is -2.22. The fraction of sp³-hybridized carbons (Fsp3) is 0.267. The number of aromatic amines is 1. The van der Waals surface area contributed by atoms with E-state index in [-0.39, 0.29) is 6.42 Å². The second-order valence-corrected chi connectivity index (χ2v) is 5.99. The Kier molecular flexibility index (Phi) is 5.51. The van der Waals surface area contributed by atoms with Crippen LogP contribution in [0.3, 0.4) is 0 Å². The molecule has 1 aromatic heterocycles. The minimum atomic E-state index is -1.48. The van der Waals surface area contributed by atoms with Gasteiger partial charge in [-0.05, 0) is 27.9 Å². The molecule has 7 nitrogen and oxygen atoms in total. The Morgan fingerprint density at radius 3 is 2.57 bits per heavy atom. The van der Waals surface area contributed by atoms with E-state index in [4.69, 9.17) is 5.73 Å². The zero-order chi connectivity index (χ0) is 17.0. The van der Waals surface area contributed by atoms with Gasteiger partial charge in [0.15, 0.2) is 17.8 Å². The number of aromatic nitrogens is 2. The zero-order valence-corrected chi connectivity index (χ0v) is 14.1. The molecule has 0 aliphatic rings. The highest BCUT2D eigenvalue weighted by atomic mass is 79.9. The van der Waals surface area contributed by atoms with Gasteiger partial charge in [-0.3, -0.25) is 9.59 Å². The second kappa shape index (κ2) is 7.38. The van der Waals surface area contributed by atoms with E-state index in [9.17, 15) is 14.7 Å². The molecule has 2 rings (SSSR count). The van der Waals surface area contributed by atoms with E-state index in [1.54, 1.807) is 17.9 Å². The van der Waals surface area contributed by atoms with E-state index in [0.29, 0.717) is 10.2 Å². The van der Waals surface area contributed by atoms with Crippen LogP contribution < -0.4 is 15.7 Å². The molecule has 122 valence electrons. The molecule has 0 saturated heterocycles. The van der Waals surface area contributed by atoms with Gasteiger partial charge in [-0.2, -0.15) is 5.10 Å². The van der Waals surface area contributed by atoms with Crippen molar-refractivity contribution in [1.82, 2.24) is 10.4 Å². The average Bonchev–Trinajstić information content (AvgIpc) is 2.85. The number of nitrogens with zero attached hydrogens (tertiary/aromatic N) is 1. The zero-order valence-electron chi connectivity index (χ0n) is 12.5. The van der Waals surface area contributed by atoms with Crippen LogP contribution in [0.15, 0.2) is 41.1 Å². The molecule has 0 fully saturated rings. The van der Waals surface area contributed by atoms with Crippen LogP contribution in [0, 0.1) is 0 Å². The fourth-order valence-corrected chi connectivity index (χ4v) is 2.77. The summed E-state index contributed by atoms with van der Waals surface area (Å²) >= 11 is 3.25. The van der Waals surface area contributed by atoms with Gasteiger partial charge in [0.1, 0.15) is 5.56 Å². The molecular formula is C15H18BrN4O3+. The number of rotatable bonds is 6. The lowest BCUT2D eigenvalue weighted by Crippen LogP contribution is -2.50. The molecule has 0 bridgehead atoms. The number of carbonyl (C=O) groups excluding carboxylic acids is 2. The first kappa shape index (κ1) is 17.2. The molecule has 1 aromatic carbocycles. The molecule has 0 aliphatic heterocycles. The second-order valence-electron chi connectivity index (χ2n) is 5.20. The third-order valence-corrected chi connectivity index (χ3v) is 3.97. The van der Waals surface area contributed by atoms with E-state index in [2.05, 4.69) is 26.3 Å². The monoisotopic (exact) mass is 381 g/mol. The van der Waals surface area contributed by atoms with E-state index >= 15 is 0 Å². The van der Waals surface area contributed by atoms with Crippen LogP contribution in [0.5, 0.6) is 0 Å². The van der Waals surface area contributed by atoms with Gasteiger partial charge in [0.25, 0.3) is 5.91 Å². The standard InChI is InChI=1S/C15H17BrN4O3/c1-20-8-10(13(16)19-20)15(23)18-11(12(21)14(17)22)7-9-5-3-2-4-6-9/h2-6,8,11-12,21H,7H2,1H3,(H3,17,18,22,23)/p+1/t11-,12?/m0/s1. The number of aryl methyl sites for hydroxylation is 1. The Morgan fingerprint density at radius 2 is 2.04 bits per heavy atom. The molecule has 23 heavy (non-hydrogen) atoms. The normalized spacial score (nSPS) is 13.3. The number of nitrogens with two attached hydrogens (primary N) is 1. The maximum atomic E-state index is 12.4. The Labute approximate surface area is 141 Å². The fourth-order valence-electron chi connectivity index (χ4n) is 2.21. The number of carbonyl (C=O) groups is 2. The summed E-state index contributed by atoms with van der Waals surface area (Å²) in [5.74, 6) is -1.31. The van der Waals surface area contributed by atoms with Crippen molar-refractivity contribution < 1.29 is 19.4 Å². The molecule has 2 aromatic rings. The quantitative estimate of drug-likeness (QED) is 0.519. The number of aliphatic hydroxyl groups excluding tert-OH is 1. The summed E-state index contributed by atoms with van der Waals surface area (Å²) in [5.41, 5.74) is 6.41. The first-order valence-electron chi connectivity index (χ1n) is 6.94. The lowest BCUT2D eigenvalue weighted by atomic mass is 10.0. The summed E-state index contributed by atoms with van der Waals surface area (Å²) in [7, 11) is 1.74. The van der Waals surface area contributed by atoms with Crippen molar-refractivity contribution in [3.8, 4) is 0 Å². The number of H-pyrrole nitrogens is 1. The van der Waals surface area contributed by atoms with Gasteiger partial charge in [0, 0.05) is 0 Å². The minimum Gasteiger partial charge on any atom is -0.381 e. The molecule has 1 heterocycles. The van der Waals surface area contributed by atoms with Crippen molar-refractivity contribution in [2.75, 3.05) is 0 Å². The van der Waals surface area contributed by atoms with Crippen LogP contribution in [-0.4, -0.2) is 34.2 Å². The summed E-state index contributed by atoms with van der Waals surface area (Å²) < 4.78 is 2.11. The summed E-state index contributed by atoms with van der Waals surface area (Å²) in [5, 5.41) is 15.5. The van der Waals surface area contributed by atoms with Crippen molar-refractivity contribution in [2.24, 2.45) is 12.8 Å². The SMILES string of the molecule is C[n+]1cc(C(=O)N[C@@H](Cc2ccccc2)C(O)C(N)=O)c(Br)[nH]1. The van der Waals surface area contributed by atoms with Crippen molar-refractivity contribution >= 4 is 27.7 Å². The molecule has 0 aliphatic carbocycles. The Morgan fingerprint density at radius 1 is 1.39 bits per heavy atom. The van der Waals surface area contributed by atoms with Gasteiger partial charge >= 0.3 is 0 Å². The topological polar surface area (TPSA) is 112 Å². The lowest BCUT2D eigenvalue weighted by molar-refractivity contribution is -0.727. The van der Waals surface area contributed by atoms with Crippen molar-refractivity contribution in [3.05, 3.63) is 52.3 Å². The van der Waals surface area contributed by atoms with E-state index in [1.165, 1.54) is 0 Å². The molecule has 2 atom stereocenters. The van der Waals surface area contributed by atoms with Crippen LogP contribution in [0.4, 0.5) is 0 Å². The van der Waals surface area contributed by atoms with Crippen molar-refractivity contribution in [1.29, 1.82) is 0 Å². The number of halogens is 1. The highest BCUT2D eigenvalue weighted by molar-refractivity contribution is 9.10. The molecular weight excluding hydrogens is 364 g/mol. The summed E-state index contributed by atoms with van der Waals surface area (Å²) in [6.45, 7) is 0. The van der Waals surface area contributed by atoms with Gasteiger partial charge in [-0.15, -0.1) is 4.68 Å². The number of benzene rings is 1. The van der Waals surface area contributed by atoms with E-state index < -0.39 is 24.0 Å². The van der Waals surface area contributed by atoms with Crippen molar-refractivity contribution in [2.45, 2.75) is 18.6 Å².